The molecule has 2 aromatic heterocycles. The fourth-order valence-electron chi connectivity index (χ4n) is 3.74. The van der Waals surface area contributed by atoms with Gasteiger partial charge in [-0.1, -0.05) is 42.5 Å². The van der Waals surface area contributed by atoms with Gasteiger partial charge in [-0.2, -0.15) is 0 Å². The number of thioether (sulfide) groups is 1. The Labute approximate surface area is 227 Å². The molecule has 1 unspecified atom stereocenters. The number of amides is 2. The first-order valence-electron chi connectivity index (χ1n) is 11.7. The predicted molar refractivity (Wildman–Crippen MR) is 151 cm³/mol. The van der Waals surface area contributed by atoms with E-state index in [1.54, 1.807) is 31.4 Å². The van der Waals surface area contributed by atoms with Crippen molar-refractivity contribution >= 4 is 45.7 Å². The summed E-state index contributed by atoms with van der Waals surface area (Å²) >= 11 is 2.78. The van der Waals surface area contributed by atoms with Gasteiger partial charge in [0, 0.05) is 21.5 Å². The van der Waals surface area contributed by atoms with Crippen molar-refractivity contribution in [2.45, 2.75) is 10.1 Å². The molecular formula is C29H23N3O4S2. The Morgan fingerprint density at radius 1 is 0.921 bits per heavy atom. The predicted octanol–water partition coefficient (Wildman–Crippen LogP) is 7.14. The van der Waals surface area contributed by atoms with Crippen LogP contribution < -0.4 is 15.4 Å². The summed E-state index contributed by atoms with van der Waals surface area (Å²) in [5.74, 6) is 0.447. The number of benzene rings is 3. The Morgan fingerprint density at radius 3 is 2.42 bits per heavy atom. The third-order valence-corrected chi connectivity index (χ3v) is 7.59. The molecule has 0 aliphatic carbocycles. The van der Waals surface area contributed by atoms with Crippen LogP contribution in [-0.2, 0) is 4.79 Å². The number of hydrogen-bond acceptors (Lipinski definition) is 7. The highest BCUT2D eigenvalue weighted by Crippen LogP contribution is 2.38. The van der Waals surface area contributed by atoms with E-state index >= 15 is 0 Å². The number of para-hydroxylation sites is 1. The minimum atomic E-state index is -0.515. The molecule has 1 atom stereocenters. The summed E-state index contributed by atoms with van der Waals surface area (Å²) in [4.78, 5) is 31.2. The van der Waals surface area contributed by atoms with E-state index in [1.807, 2.05) is 72.1 Å². The molecule has 0 fully saturated rings. The van der Waals surface area contributed by atoms with Crippen LogP contribution in [0.3, 0.4) is 0 Å². The molecule has 2 heterocycles. The van der Waals surface area contributed by atoms with E-state index in [9.17, 15) is 9.59 Å². The van der Waals surface area contributed by atoms with E-state index in [0.717, 1.165) is 27.5 Å². The maximum atomic E-state index is 13.5. The fraction of sp³-hybridized carbons (Fsp3) is 0.0690. The lowest BCUT2D eigenvalue weighted by Gasteiger charge is -2.16. The number of ether oxygens (including phenoxy) is 1. The summed E-state index contributed by atoms with van der Waals surface area (Å²) in [7, 11) is 1.62. The van der Waals surface area contributed by atoms with E-state index in [-0.39, 0.29) is 17.6 Å². The van der Waals surface area contributed by atoms with Crippen LogP contribution >= 0.6 is 23.1 Å². The smallest absolute Gasteiger partial charge is 0.291 e. The zero-order valence-electron chi connectivity index (χ0n) is 20.3. The van der Waals surface area contributed by atoms with Gasteiger partial charge in [0.25, 0.3) is 5.91 Å². The molecule has 0 aliphatic heterocycles. The second-order valence-electron chi connectivity index (χ2n) is 8.09. The number of anilines is 2. The zero-order chi connectivity index (χ0) is 26.3. The summed E-state index contributed by atoms with van der Waals surface area (Å²) in [6, 6.07) is 27.8. The molecule has 38 heavy (non-hydrogen) atoms. The zero-order valence-corrected chi connectivity index (χ0v) is 21.9. The normalized spacial score (nSPS) is 11.5. The minimum Gasteiger partial charge on any atom is -0.496 e. The van der Waals surface area contributed by atoms with Crippen molar-refractivity contribution in [3.05, 3.63) is 114 Å². The average molecular weight is 542 g/mol. The van der Waals surface area contributed by atoms with Gasteiger partial charge in [-0.15, -0.1) is 23.1 Å². The molecule has 0 aliphatic rings. The topological polar surface area (TPSA) is 93.5 Å². The molecular weight excluding hydrogens is 518 g/mol. The highest BCUT2D eigenvalue weighted by Gasteiger charge is 2.23. The summed E-state index contributed by atoms with van der Waals surface area (Å²) in [6.45, 7) is 0. The number of furan rings is 1. The van der Waals surface area contributed by atoms with Crippen molar-refractivity contribution in [2.24, 2.45) is 0 Å². The number of carbonyl (C=O) groups excluding carboxylic acids is 2. The third-order valence-electron chi connectivity index (χ3n) is 5.57. The van der Waals surface area contributed by atoms with Crippen LogP contribution in [0.4, 0.5) is 10.8 Å². The standard InChI is InChI=1S/C29H23N3O4S2/c1-35-24-11-6-5-10-22(24)23-18-37-29(31-23)32-28(34)26(19-8-3-2-4-9-19)38-21-15-13-20(14-16-21)30-27(33)25-12-7-17-36-25/h2-18,26H,1H3,(H,30,33)(H,31,32,34). The molecule has 2 amide bonds. The van der Waals surface area contributed by atoms with Gasteiger partial charge in [-0.3, -0.25) is 9.59 Å². The van der Waals surface area contributed by atoms with Crippen LogP contribution in [0.25, 0.3) is 11.3 Å². The van der Waals surface area contributed by atoms with Crippen LogP contribution in [0.2, 0.25) is 0 Å². The number of methoxy groups -OCH3 is 1. The first-order valence-corrected chi connectivity index (χ1v) is 13.4. The largest absolute Gasteiger partial charge is 0.496 e. The molecule has 5 rings (SSSR count). The van der Waals surface area contributed by atoms with Gasteiger partial charge >= 0.3 is 0 Å². The number of hydrogen-bond donors (Lipinski definition) is 2. The monoisotopic (exact) mass is 541 g/mol. The molecule has 5 aromatic rings. The Kier molecular flexibility index (Phi) is 7.86. The lowest BCUT2D eigenvalue weighted by molar-refractivity contribution is -0.115. The first-order chi connectivity index (χ1) is 18.6. The summed E-state index contributed by atoms with van der Waals surface area (Å²) in [5.41, 5.74) is 3.09. The van der Waals surface area contributed by atoms with Crippen molar-refractivity contribution in [3.63, 3.8) is 0 Å². The Morgan fingerprint density at radius 2 is 1.68 bits per heavy atom. The minimum absolute atomic E-state index is 0.183. The molecule has 9 heteroatoms. The summed E-state index contributed by atoms with van der Waals surface area (Å²) < 4.78 is 10.6. The molecule has 190 valence electrons. The third kappa shape index (κ3) is 5.96. The first kappa shape index (κ1) is 25.3. The number of nitrogens with one attached hydrogen (secondary N) is 2. The van der Waals surface area contributed by atoms with E-state index < -0.39 is 5.25 Å². The van der Waals surface area contributed by atoms with Crippen molar-refractivity contribution in [1.29, 1.82) is 0 Å². The van der Waals surface area contributed by atoms with E-state index in [1.165, 1.54) is 29.4 Å². The van der Waals surface area contributed by atoms with Crippen LogP contribution in [-0.4, -0.2) is 23.9 Å². The van der Waals surface area contributed by atoms with Gasteiger partial charge < -0.3 is 19.8 Å². The van der Waals surface area contributed by atoms with Crippen molar-refractivity contribution in [3.8, 4) is 17.0 Å². The lowest BCUT2D eigenvalue weighted by Crippen LogP contribution is -2.19. The lowest BCUT2D eigenvalue weighted by atomic mass is 10.1. The van der Waals surface area contributed by atoms with Gasteiger partial charge in [0.2, 0.25) is 5.91 Å². The Hall–Kier alpha value is -4.34. The van der Waals surface area contributed by atoms with E-state index in [0.29, 0.717) is 10.8 Å². The van der Waals surface area contributed by atoms with Crippen LogP contribution in [0.5, 0.6) is 5.75 Å². The number of rotatable bonds is 9. The number of thiazole rings is 1. The van der Waals surface area contributed by atoms with Crippen LogP contribution in [0, 0.1) is 0 Å². The SMILES string of the molecule is COc1ccccc1-c1csc(NC(=O)C(Sc2ccc(NC(=O)c3ccco3)cc2)c2ccccc2)n1. The summed E-state index contributed by atoms with van der Waals surface area (Å²) in [6.07, 6.45) is 1.45. The van der Waals surface area contributed by atoms with E-state index in [4.69, 9.17) is 9.15 Å². The molecule has 0 saturated heterocycles. The molecule has 0 saturated carbocycles. The quantitative estimate of drug-likeness (QED) is 0.193. The molecule has 7 nitrogen and oxygen atoms in total. The van der Waals surface area contributed by atoms with E-state index in [2.05, 4.69) is 15.6 Å². The van der Waals surface area contributed by atoms with Crippen molar-refractivity contribution < 1.29 is 18.7 Å². The van der Waals surface area contributed by atoms with Gasteiger partial charge in [0.15, 0.2) is 10.9 Å². The molecule has 0 bridgehead atoms. The van der Waals surface area contributed by atoms with Crippen molar-refractivity contribution in [2.75, 3.05) is 17.7 Å². The maximum absolute atomic E-state index is 13.5. The highest BCUT2D eigenvalue weighted by molar-refractivity contribution is 8.00. The molecule has 2 N–H and O–H groups in total. The number of aromatic nitrogens is 1. The maximum Gasteiger partial charge on any atom is 0.291 e. The Bertz CT molecular complexity index is 1520. The summed E-state index contributed by atoms with van der Waals surface area (Å²) in [5, 5.41) is 7.67. The van der Waals surface area contributed by atoms with Crippen LogP contribution in [0.15, 0.2) is 112 Å². The van der Waals surface area contributed by atoms with Gasteiger partial charge in [-0.25, -0.2) is 4.98 Å². The van der Waals surface area contributed by atoms with Crippen LogP contribution in [0.1, 0.15) is 21.4 Å². The second-order valence-corrected chi connectivity index (χ2v) is 10.1. The average Bonchev–Trinajstić information content (AvgIpc) is 3.66. The Balaban J connectivity index is 1.31. The second kappa shape index (κ2) is 11.8. The van der Waals surface area contributed by atoms with Crippen molar-refractivity contribution in [1.82, 2.24) is 4.98 Å². The number of carbonyl (C=O) groups is 2. The number of nitrogens with zero attached hydrogens (tertiary/aromatic N) is 1. The molecule has 3 aromatic carbocycles. The van der Waals surface area contributed by atoms with Gasteiger partial charge in [0.05, 0.1) is 19.1 Å². The van der Waals surface area contributed by atoms with Gasteiger partial charge in [0.1, 0.15) is 11.0 Å². The molecule has 0 spiro atoms. The highest BCUT2D eigenvalue weighted by atomic mass is 32.2. The fourth-order valence-corrected chi connectivity index (χ4v) is 5.47. The molecule has 0 radical (unpaired) electrons. The van der Waals surface area contributed by atoms with Gasteiger partial charge in [-0.05, 0) is 54.1 Å².